The van der Waals surface area contributed by atoms with E-state index in [1.54, 1.807) is 24.3 Å². The number of carbonyl (C=O) groups is 1. The van der Waals surface area contributed by atoms with Gasteiger partial charge in [-0.3, -0.25) is 4.79 Å². The quantitative estimate of drug-likeness (QED) is 0.218. The lowest BCUT2D eigenvalue weighted by atomic mass is 9.89. The van der Waals surface area contributed by atoms with E-state index in [2.05, 4.69) is 42.0 Å². The third-order valence-electron chi connectivity index (χ3n) is 7.17. The standard InChI is InChI=1S/C31H37NO4S2/c1-2-3-5-16-29(33)25-19-17-24(18-20-25)28-15-9-11-23(28)10-8-12-26-21-22-30(37-26)31(34)32-38(35,36)27-13-6-4-7-14-27/h4,6-7,13-15,17-23,29,33H,2-3,5,8-12,16H2,1H3,(H,32,34)/t23-,29?/m0/s1. The Labute approximate surface area is 230 Å². The number of rotatable bonds is 13. The number of allylic oxidation sites excluding steroid dienone is 2. The minimum absolute atomic E-state index is 0.0725. The Kier molecular flexibility index (Phi) is 9.94. The molecule has 7 heteroatoms. The van der Waals surface area contributed by atoms with Crippen molar-refractivity contribution in [3.05, 3.63) is 93.7 Å². The fourth-order valence-electron chi connectivity index (χ4n) is 5.06. The Bertz CT molecular complexity index is 1330. The van der Waals surface area contributed by atoms with Crippen molar-refractivity contribution in [3.8, 4) is 0 Å². The summed E-state index contributed by atoms with van der Waals surface area (Å²) in [5.41, 5.74) is 3.63. The van der Waals surface area contributed by atoms with Gasteiger partial charge < -0.3 is 5.11 Å². The van der Waals surface area contributed by atoms with Crippen LogP contribution in [0.15, 0.2) is 77.7 Å². The topological polar surface area (TPSA) is 83.5 Å². The number of benzene rings is 2. The zero-order chi connectivity index (χ0) is 27.0. The largest absolute Gasteiger partial charge is 0.388 e. The number of hydrogen-bond acceptors (Lipinski definition) is 5. The van der Waals surface area contributed by atoms with Crippen LogP contribution in [0.4, 0.5) is 0 Å². The molecule has 202 valence electrons. The van der Waals surface area contributed by atoms with Crippen LogP contribution in [-0.2, 0) is 16.4 Å². The zero-order valence-electron chi connectivity index (χ0n) is 21.9. The van der Waals surface area contributed by atoms with Crippen molar-refractivity contribution >= 4 is 32.8 Å². The zero-order valence-corrected chi connectivity index (χ0v) is 23.6. The lowest BCUT2D eigenvalue weighted by molar-refractivity contribution is 0.0985. The molecular formula is C31H37NO4S2. The summed E-state index contributed by atoms with van der Waals surface area (Å²) in [4.78, 5) is 14.1. The van der Waals surface area contributed by atoms with Crippen molar-refractivity contribution in [1.29, 1.82) is 0 Å². The molecule has 38 heavy (non-hydrogen) atoms. The van der Waals surface area contributed by atoms with Crippen LogP contribution in [0.25, 0.3) is 5.57 Å². The molecule has 1 aliphatic carbocycles. The Morgan fingerprint density at radius 1 is 1.03 bits per heavy atom. The van der Waals surface area contributed by atoms with Crippen LogP contribution in [0.1, 0.15) is 90.1 Å². The summed E-state index contributed by atoms with van der Waals surface area (Å²) in [5.74, 6) is -0.0841. The number of nitrogens with one attached hydrogen (secondary N) is 1. The maximum atomic E-state index is 12.6. The van der Waals surface area contributed by atoms with E-state index in [9.17, 15) is 18.3 Å². The van der Waals surface area contributed by atoms with E-state index in [0.717, 1.165) is 68.2 Å². The van der Waals surface area contributed by atoms with Gasteiger partial charge in [-0.1, -0.05) is 74.7 Å². The minimum Gasteiger partial charge on any atom is -0.388 e. The van der Waals surface area contributed by atoms with E-state index in [1.807, 2.05) is 6.07 Å². The van der Waals surface area contributed by atoms with Crippen LogP contribution in [0.2, 0.25) is 0 Å². The lowest BCUT2D eigenvalue weighted by Crippen LogP contribution is -2.29. The highest BCUT2D eigenvalue weighted by molar-refractivity contribution is 7.90. The number of aryl methyl sites for hydroxylation is 1. The summed E-state index contributed by atoms with van der Waals surface area (Å²) in [6, 6.07) is 20.0. The molecule has 0 aliphatic heterocycles. The number of amides is 1. The smallest absolute Gasteiger partial charge is 0.275 e. The van der Waals surface area contributed by atoms with Crippen molar-refractivity contribution in [2.75, 3.05) is 0 Å². The normalized spacial score (nSPS) is 16.3. The van der Waals surface area contributed by atoms with Gasteiger partial charge in [0, 0.05) is 4.88 Å². The summed E-state index contributed by atoms with van der Waals surface area (Å²) < 4.78 is 27.1. The van der Waals surface area contributed by atoms with Gasteiger partial charge in [0.2, 0.25) is 0 Å². The molecule has 1 amide bonds. The molecule has 1 aliphatic rings. The Morgan fingerprint density at radius 3 is 2.53 bits per heavy atom. The van der Waals surface area contributed by atoms with Crippen LogP contribution in [0.5, 0.6) is 0 Å². The first kappa shape index (κ1) is 28.3. The molecule has 0 saturated heterocycles. The van der Waals surface area contributed by atoms with Crippen molar-refractivity contribution in [1.82, 2.24) is 4.72 Å². The molecule has 2 N–H and O–H groups in total. The van der Waals surface area contributed by atoms with Crippen LogP contribution in [0, 0.1) is 5.92 Å². The monoisotopic (exact) mass is 551 g/mol. The third kappa shape index (κ3) is 7.43. The second-order valence-electron chi connectivity index (χ2n) is 9.97. The van der Waals surface area contributed by atoms with Crippen molar-refractivity contribution in [2.24, 2.45) is 5.92 Å². The van der Waals surface area contributed by atoms with Crippen LogP contribution < -0.4 is 4.72 Å². The highest BCUT2D eigenvalue weighted by Crippen LogP contribution is 2.37. The molecule has 0 spiro atoms. The molecule has 4 rings (SSSR count). The molecule has 0 saturated carbocycles. The maximum Gasteiger partial charge on any atom is 0.275 e. The van der Waals surface area contributed by atoms with Crippen LogP contribution in [0.3, 0.4) is 0 Å². The van der Waals surface area contributed by atoms with E-state index in [1.165, 1.54) is 34.6 Å². The third-order valence-corrected chi connectivity index (χ3v) is 9.66. The predicted octanol–water partition coefficient (Wildman–Crippen LogP) is 7.30. The summed E-state index contributed by atoms with van der Waals surface area (Å²) in [5, 5.41) is 10.5. The van der Waals surface area contributed by atoms with Gasteiger partial charge in [0.15, 0.2) is 0 Å². The average Bonchev–Trinajstić information content (AvgIpc) is 3.59. The summed E-state index contributed by atoms with van der Waals surface area (Å²) in [6.07, 6.45) is 11.3. The molecule has 0 radical (unpaired) electrons. The number of unbranched alkanes of at least 4 members (excludes halogenated alkanes) is 2. The van der Waals surface area contributed by atoms with Gasteiger partial charge in [0.05, 0.1) is 15.9 Å². The van der Waals surface area contributed by atoms with Gasteiger partial charge in [-0.2, -0.15) is 0 Å². The van der Waals surface area contributed by atoms with Crippen LogP contribution >= 0.6 is 11.3 Å². The van der Waals surface area contributed by atoms with Crippen molar-refractivity contribution < 1.29 is 18.3 Å². The lowest BCUT2D eigenvalue weighted by Gasteiger charge is -2.16. The summed E-state index contributed by atoms with van der Waals surface area (Å²) in [6.45, 7) is 2.17. The van der Waals surface area contributed by atoms with Gasteiger partial charge in [0.25, 0.3) is 15.9 Å². The van der Waals surface area contributed by atoms with E-state index in [-0.39, 0.29) is 11.0 Å². The second kappa shape index (κ2) is 13.4. The molecule has 2 aromatic carbocycles. The summed E-state index contributed by atoms with van der Waals surface area (Å²) in [7, 11) is -3.89. The molecule has 5 nitrogen and oxygen atoms in total. The van der Waals surface area contributed by atoms with Gasteiger partial charge in [-0.25, -0.2) is 13.1 Å². The molecule has 1 unspecified atom stereocenters. The Morgan fingerprint density at radius 2 is 1.79 bits per heavy atom. The van der Waals surface area contributed by atoms with E-state index in [0.29, 0.717) is 10.8 Å². The molecule has 3 aromatic rings. The van der Waals surface area contributed by atoms with Gasteiger partial charge in [-0.05, 0) is 85.4 Å². The van der Waals surface area contributed by atoms with Crippen molar-refractivity contribution in [3.63, 3.8) is 0 Å². The Balaban J connectivity index is 1.27. The van der Waals surface area contributed by atoms with Gasteiger partial charge >= 0.3 is 0 Å². The molecule has 1 heterocycles. The minimum atomic E-state index is -3.89. The van der Waals surface area contributed by atoms with Gasteiger partial charge in [-0.15, -0.1) is 11.3 Å². The van der Waals surface area contributed by atoms with Crippen molar-refractivity contribution in [2.45, 2.75) is 75.7 Å². The van der Waals surface area contributed by atoms with E-state index < -0.39 is 15.9 Å². The number of hydrogen-bond donors (Lipinski definition) is 2. The molecule has 2 atom stereocenters. The van der Waals surface area contributed by atoms with Gasteiger partial charge in [0.1, 0.15) is 0 Å². The predicted molar refractivity (Wildman–Crippen MR) is 155 cm³/mol. The number of carbonyl (C=O) groups excluding carboxylic acids is 1. The second-order valence-corrected chi connectivity index (χ2v) is 12.8. The molecule has 0 fully saturated rings. The summed E-state index contributed by atoms with van der Waals surface area (Å²) >= 11 is 1.35. The first-order chi connectivity index (χ1) is 18.4. The number of aliphatic hydroxyl groups is 1. The highest BCUT2D eigenvalue weighted by atomic mass is 32.2. The highest BCUT2D eigenvalue weighted by Gasteiger charge is 2.22. The first-order valence-corrected chi connectivity index (χ1v) is 15.9. The molecule has 1 aromatic heterocycles. The average molecular weight is 552 g/mol. The number of sulfonamides is 1. The SMILES string of the molecule is CCCCCC(O)c1ccc(C2=CCC[C@@H]2CCCc2ccc(C(=O)NS(=O)(=O)c3ccccc3)s2)cc1. The number of aliphatic hydroxyl groups excluding tert-OH is 1. The number of thiophene rings is 1. The Hall–Kier alpha value is -2.74. The maximum absolute atomic E-state index is 12.6. The fourth-order valence-corrected chi connectivity index (χ4v) is 7.05. The van der Waals surface area contributed by atoms with E-state index in [4.69, 9.17) is 0 Å². The van der Waals surface area contributed by atoms with E-state index >= 15 is 0 Å². The molecular weight excluding hydrogens is 514 g/mol. The van der Waals surface area contributed by atoms with Crippen LogP contribution in [-0.4, -0.2) is 19.4 Å². The first-order valence-electron chi connectivity index (χ1n) is 13.6. The fraction of sp³-hybridized carbons (Fsp3) is 0.387. The molecule has 0 bridgehead atoms.